The lowest BCUT2D eigenvalue weighted by Crippen LogP contribution is -2.21. The Morgan fingerprint density at radius 2 is 1.74 bits per heavy atom. The van der Waals surface area contributed by atoms with Crippen molar-refractivity contribution in [3.63, 3.8) is 0 Å². The van der Waals surface area contributed by atoms with Crippen LogP contribution in [0, 0.1) is 0 Å². The number of benzene rings is 1. The monoisotopic (exact) mass is 355 g/mol. The van der Waals surface area contributed by atoms with Gasteiger partial charge in [-0.1, -0.05) is 0 Å². The zero-order valence-corrected chi connectivity index (χ0v) is 12.4. The van der Waals surface area contributed by atoms with Crippen molar-refractivity contribution in [2.75, 3.05) is 7.11 Å². The van der Waals surface area contributed by atoms with Crippen LogP contribution < -0.4 is 10.5 Å². The molecule has 0 aliphatic heterocycles. The number of alkyl halides is 6. The summed E-state index contributed by atoms with van der Waals surface area (Å²) in [6.45, 7) is 0. The summed E-state index contributed by atoms with van der Waals surface area (Å²) >= 11 is 1.21. The third-order valence-electron chi connectivity index (χ3n) is 3.21. The highest BCUT2D eigenvalue weighted by Crippen LogP contribution is 2.44. The van der Waals surface area contributed by atoms with Crippen molar-refractivity contribution in [1.82, 2.24) is 0 Å². The summed E-state index contributed by atoms with van der Waals surface area (Å²) in [5.41, 5.74) is 2.78. The maximum absolute atomic E-state index is 13.3. The number of halogens is 6. The number of hydrogen-bond acceptors (Lipinski definition) is 3. The zero-order valence-electron chi connectivity index (χ0n) is 11.6. The number of methoxy groups -OCH3 is 1. The molecule has 0 radical (unpaired) electrons. The SMILES string of the molecule is COc1cc(C(F)(F)F)cc(C(F)(F)F)c1[C@@H](N)c1ccsc1. The molecule has 0 amide bonds. The van der Waals surface area contributed by atoms with E-state index in [9.17, 15) is 26.3 Å². The van der Waals surface area contributed by atoms with Gasteiger partial charge < -0.3 is 10.5 Å². The van der Waals surface area contributed by atoms with Crippen LogP contribution in [0.5, 0.6) is 5.75 Å². The highest BCUT2D eigenvalue weighted by Gasteiger charge is 2.41. The molecule has 1 atom stereocenters. The largest absolute Gasteiger partial charge is 0.496 e. The van der Waals surface area contributed by atoms with Gasteiger partial charge in [0.25, 0.3) is 0 Å². The Labute approximate surface area is 131 Å². The molecule has 0 bridgehead atoms. The van der Waals surface area contributed by atoms with Crippen LogP contribution in [0.1, 0.15) is 28.3 Å². The fraction of sp³-hybridized carbons (Fsp3) is 0.286. The van der Waals surface area contributed by atoms with Crippen LogP contribution in [0.2, 0.25) is 0 Å². The Balaban J connectivity index is 2.73. The summed E-state index contributed by atoms with van der Waals surface area (Å²) < 4.78 is 83.0. The van der Waals surface area contributed by atoms with E-state index in [-0.39, 0.29) is 6.07 Å². The van der Waals surface area contributed by atoms with Gasteiger partial charge in [0.15, 0.2) is 0 Å². The number of nitrogens with two attached hydrogens (primary N) is 1. The molecule has 1 aromatic heterocycles. The molecule has 0 unspecified atom stereocenters. The van der Waals surface area contributed by atoms with Crippen LogP contribution in [0.4, 0.5) is 26.3 Å². The Bertz CT molecular complexity index is 678. The lowest BCUT2D eigenvalue weighted by atomic mass is 9.93. The van der Waals surface area contributed by atoms with E-state index in [4.69, 9.17) is 10.5 Å². The van der Waals surface area contributed by atoms with Crippen molar-refractivity contribution < 1.29 is 31.1 Å². The van der Waals surface area contributed by atoms with Crippen molar-refractivity contribution >= 4 is 11.3 Å². The second-order valence-electron chi connectivity index (χ2n) is 4.67. The summed E-state index contributed by atoms with van der Waals surface area (Å²) in [4.78, 5) is 0. The maximum atomic E-state index is 13.3. The molecular weight excluding hydrogens is 344 g/mol. The molecule has 0 spiro atoms. The average molecular weight is 355 g/mol. The van der Waals surface area contributed by atoms with Crippen LogP contribution in [0.15, 0.2) is 29.0 Å². The lowest BCUT2D eigenvalue weighted by Gasteiger charge is -2.22. The Morgan fingerprint density at radius 3 is 2.17 bits per heavy atom. The first-order valence-corrected chi connectivity index (χ1v) is 7.14. The summed E-state index contributed by atoms with van der Waals surface area (Å²) in [5, 5.41) is 3.14. The minimum atomic E-state index is -5.00. The van der Waals surface area contributed by atoms with Gasteiger partial charge in [-0.3, -0.25) is 0 Å². The number of hydrogen-bond donors (Lipinski definition) is 1. The van der Waals surface area contributed by atoms with E-state index in [1.165, 1.54) is 22.8 Å². The first kappa shape index (κ1) is 17.6. The van der Waals surface area contributed by atoms with Crippen LogP contribution in [0.25, 0.3) is 0 Å². The zero-order chi connectivity index (χ0) is 17.4. The molecule has 0 aliphatic carbocycles. The Morgan fingerprint density at radius 1 is 1.09 bits per heavy atom. The van der Waals surface area contributed by atoms with Gasteiger partial charge >= 0.3 is 12.4 Å². The number of rotatable bonds is 3. The van der Waals surface area contributed by atoms with E-state index in [1.54, 1.807) is 5.38 Å². The van der Waals surface area contributed by atoms with Crippen LogP contribution >= 0.6 is 11.3 Å². The van der Waals surface area contributed by atoms with Gasteiger partial charge in [0.05, 0.1) is 24.3 Å². The summed E-state index contributed by atoms with van der Waals surface area (Å²) in [6, 6.07) is 0.836. The molecule has 0 saturated heterocycles. The molecule has 1 aromatic carbocycles. The molecule has 2 nitrogen and oxygen atoms in total. The van der Waals surface area contributed by atoms with E-state index in [0.29, 0.717) is 11.6 Å². The van der Waals surface area contributed by atoms with E-state index in [0.717, 1.165) is 7.11 Å². The van der Waals surface area contributed by atoms with Crippen LogP contribution in [-0.4, -0.2) is 7.11 Å². The molecule has 126 valence electrons. The normalized spacial score (nSPS) is 13.9. The van der Waals surface area contributed by atoms with Crippen LogP contribution in [-0.2, 0) is 12.4 Å². The van der Waals surface area contributed by atoms with Crippen molar-refractivity contribution in [2.45, 2.75) is 18.4 Å². The van der Waals surface area contributed by atoms with E-state index >= 15 is 0 Å². The van der Waals surface area contributed by atoms with Crippen LogP contribution in [0.3, 0.4) is 0 Å². The minimum Gasteiger partial charge on any atom is -0.496 e. The molecule has 0 saturated carbocycles. The van der Waals surface area contributed by atoms with Gasteiger partial charge in [0.1, 0.15) is 5.75 Å². The number of thiophene rings is 1. The van der Waals surface area contributed by atoms with Gasteiger partial charge in [-0.2, -0.15) is 37.7 Å². The highest BCUT2D eigenvalue weighted by atomic mass is 32.1. The molecular formula is C14H11F6NOS. The van der Waals surface area contributed by atoms with Gasteiger partial charge in [0, 0.05) is 5.56 Å². The van der Waals surface area contributed by atoms with Crippen molar-refractivity contribution in [3.8, 4) is 5.75 Å². The van der Waals surface area contributed by atoms with E-state index < -0.39 is 40.8 Å². The maximum Gasteiger partial charge on any atom is 0.416 e. The fourth-order valence-corrected chi connectivity index (χ4v) is 2.83. The average Bonchev–Trinajstić information content (AvgIpc) is 2.97. The molecule has 2 aromatic rings. The molecule has 1 heterocycles. The van der Waals surface area contributed by atoms with Crippen molar-refractivity contribution in [1.29, 1.82) is 0 Å². The Hall–Kier alpha value is -1.74. The predicted octanol–water partition coefficient (Wildman–Crippen LogP) is 4.84. The second kappa shape index (κ2) is 6.04. The Kier molecular flexibility index (Phi) is 4.63. The fourth-order valence-electron chi connectivity index (χ4n) is 2.13. The van der Waals surface area contributed by atoms with Gasteiger partial charge in [0.2, 0.25) is 0 Å². The highest BCUT2D eigenvalue weighted by molar-refractivity contribution is 7.08. The minimum absolute atomic E-state index is 0.0596. The molecule has 2 N–H and O–H groups in total. The molecule has 23 heavy (non-hydrogen) atoms. The third-order valence-corrected chi connectivity index (χ3v) is 3.91. The standard InChI is InChI=1S/C14H11F6NOS/c1-22-10-5-8(13(15,16)17)4-9(14(18,19)20)11(10)12(21)7-2-3-23-6-7/h2-6,12H,21H2,1H3/t12-/m0/s1. The van der Waals surface area contributed by atoms with Gasteiger partial charge in [-0.05, 0) is 34.5 Å². The van der Waals surface area contributed by atoms with Crippen molar-refractivity contribution in [2.24, 2.45) is 5.73 Å². The first-order valence-electron chi connectivity index (χ1n) is 6.19. The summed E-state index contributed by atoms with van der Waals surface area (Å²) in [7, 11) is 0.999. The second-order valence-corrected chi connectivity index (χ2v) is 5.45. The lowest BCUT2D eigenvalue weighted by molar-refractivity contribution is -0.143. The van der Waals surface area contributed by atoms with Gasteiger partial charge in [-0.15, -0.1) is 0 Å². The first-order chi connectivity index (χ1) is 10.6. The predicted molar refractivity (Wildman–Crippen MR) is 73.3 cm³/mol. The smallest absolute Gasteiger partial charge is 0.416 e. The van der Waals surface area contributed by atoms with Crippen molar-refractivity contribution in [3.05, 3.63) is 51.2 Å². The molecule has 9 heteroatoms. The molecule has 0 fully saturated rings. The summed E-state index contributed by atoms with van der Waals surface area (Å²) in [6.07, 6.45) is -9.93. The quantitative estimate of drug-likeness (QED) is 0.800. The van der Waals surface area contributed by atoms with E-state index in [2.05, 4.69) is 0 Å². The molecule has 0 aliphatic rings. The number of ether oxygens (including phenoxy) is 1. The topological polar surface area (TPSA) is 35.2 Å². The molecule has 2 rings (SSSR count). The summed E-state index contributed by atoms with van der Waals surface area (Å²) in [5.74, 6) is -0.550. The third kappa shape index (κ3) is 3.61. The van der Waals surface area contributed by atoms with E-state index in [1.807, 2.05) is 0 Å². The van der Waals surface area contributed by atoms with Gasteiger partial charge in [-0.25, -0.2) is 0 Å².